The zero-order valence-electron chi connectivity index (χ0n) is 14.4. The second-order valence-electron chi connectivity index (χ2n) is 6.30. The summed E-state index contributed by atoms with van der Waals surface area (Å²) in [5.41, 5.74) is 2.14. The number of likely N-dealkylation sites (tertiary alicyclic amines) is 1. The van der Waals surface area contributed by atoms with Gasteiger partial charge in [-0.05, 0) is 25.9 Å². The molecule has 1 fully saturated rings. The van der Waals surface area contributed by atoms with Gasteiger partial charge >= 0.3 is 0 Å². The number of piperidine rings is 1. The fraction of sp³-hybridized carbons (Fsp3) is 0.588. The normalized spacial score (nSPS) is 18.5. The van der Waals surface area contributed by atoms with Crippen molar-refractivity contribution in [1.82, 2.24) is 24.4 Å². The van der Waals surface area contributed by atoms with Gasteiger partial charge in [0.05, 0.1) is 12.3 Å². The number of aromatic nitrogens is 3. The van der Waals surface area contributed by atoms with Crippen molar-refractivity contribution >= 4 is 11.6 Å². The molecule has 2 aromatic heterocycles. The molecule has 1 atom stereocenters. The number of aliphatic hydroxyl groups is 1. The number of fused-ring (bicyclic) bond motifs is 1. The molecule has 3 rings (SSSR count). The summed E-state index contributed by atoms with van der Waals surface area (Å²) < 4.78 is 1.67. The van der Waals surface area contributed by atoms with Crippen LogP contribution in [-0.2, 0) is 6.54 Å². The molecular formula is C17H25N5O2. The van der Waals surface area contributed by atoms with E-state index >= 15 is 0 Å². The van der Waals surface area contributed by atoms with E-state index < -0.39 is 6.10 Å². The van der Waals surface area contributed by atoms with Gasteiger partial charge in [0.25, 0.3) is 5.91 Å². The first-order valence-electron chi connectivity index (χ1n) is 8.64. The first-order chi connectivity index (χ1) is 11.6. The molecule has 2 aromatic rings. The molecule has 1 aliphatic heterocycles. The summed E-state index contributed by atoms with van der Waals surface area (Å²) in [4.78, 5) is 21.1. The van der Waals surface area contributed by atoms with Crippen LogP contribution in [0.25, 0.3) is 5.65 Å². The lowest BCUT2D eigenvalue weighted by Gasteiger charge is -2.29. The average Bonchev–Trinajstić information content (AvgIpc) is 3.02. The number of β-amino-alcohol motifs (C(OH)–C–C–N with tert-alkyl or cyclic N) is 1. The maximum atomic E-state index is 12.7. The molecule has 0 aromatic carbocycles. The number of hydrogen-bond donors (Lipinski definition) is 1. The lowest BCUT2D eigenvalue weighted by molar-refractivity contribution is 0.0475. The topological polar surface area (TPSA) is 74.0 Å². The molecule has 1 unspecified atom stereocenters. The van der Waals surface area contributed by atoms with E-state index in [9.17, 15) is 9.90 Å². The monoisotopic (exact) mass is 331 g/mol. The molecule has 130 valence electrons. The van der Waals surface area contributed by atoms with Crippen molar-refractivity contribution in [3.63, 3.8) is 0 Å². The SMILES string of the molecule is CCN(CC)Cc1cnc2c(C(=O)N3CCCC(O)C3)cnn2c1. The Morgan fingerprint density at radius 2 is 2.17 bits per heavy atom. The Bertz CT molecular complexity index is 710. The van der Waals surface area contributed by atoms with Crippen molar-refractivity contribution in [2.24, 2.45) is 0 Å². The Kier molecular flexibility index (Phi) is 5.11. The Hall–Kier alpha value is -1.99. The third-order valence-electron chi connectivity index (χ3n) is 4.62. The van der Waals surface area contributed by atoms with Crippen LogP contribution in [0.2, 0.25) is 0 Å². The van der Waals surface area contributed by atoms with Crippen molar-refractivity contribution in [2.45, 2.75) is 39.3 Å². The maximum Gasteiger partial charge on any atom is 0.259 e. The summed E-state index contributed by atoms with van der Waals surface area (Å²) in [5, 5.41) is 14.1. The predicted molar refractivity (Wildman–Crippen MR) is 90.8 cm³/mol. The summed E-state index contributed by atoms with van der Waals surface area (Å²) in [6.07, 6.45) is 6.48. The van der Waals surface area contributed by atoms with E-state index in [1.54, 1.807) is 15.6 Å². The van der Waals surface area contributed by atoms with Gasteiger partial charge in [-0.3, -0.25) is 9.69 Å². The highest BCUT2D eigenvalue weighted by molar-refractivity contribution is 5.99. The quantitative estimate of drug-likeness (QED) is 0.890. The molecule has 7 nitrogen and oxygen atoms in total. The summed E-state index contributed by atoms with van der Waals surface area (Å²) >= 11 is 0. The van der Waals surface area contributed by atoms with Crippen LogP contribution in [0.1, 0.15) is 42.6 Å². The van der Waals surface area contributed by atoms with Crippen LogP contribution in [0.4, 0.5) is 0 Å². The number of carbonyl (C=O) groups is 1. The fourth-order valence-corrected chi connectivity index (χ4v) is 3.16. The van der Waals surface area contributed by atoms with E-state index in [0.717, 1.165) is 38.0 Å². The molecule has 1 amide bonds. The molecule has 3 heterocycles. The van der Waals surface area contributed by atoms with Gasteiger partial charge in [0, 0.05) is 37.6 Å². The van der Waals surface area contributed by atoms with E-state index in [4.69, 9.17) is 0 Å². The van der Waals surface area contributed by atoms with E-state index in [2.05, 4.69) is 28.8 Å². The van der Waals surface area contributed by atoms with Gasteiger partial charge in [-0.25, -0.2) is 9.50 Å². The minimum atomic E-state index is -0.432. The van der Waals surface area contributed by atoms with E-state index in [1.807, 2.05) is 12.4 Å². The zero-order chi connectivity index (χ0) is 17.1. The number of rotatable bonds is 5. The van der Waals surface area contributed by atoms with Gasteiger partial charge in [-0.2, -0.15) is 5.10 Å². The highest BCUT2D eigenvalue weighted by atomic mass is 16.3. The number of aliphatic hydroxyl groups excluding tert-OH is 1. The van der Waals surface area contributed by atoms with Crippen LogP contribution < -0.4 is 0 Å². The molecular weight excluding hydrogens is 306 g/mol. The standard InChI is InChI=1S/C17H25N5O2/c1-3-20(4-2)10-13-8-18-16-15(9-19-22(16)11-13)17(24)21-7-5-6-14(23)12-21/h8-9,11,14,23H,3-7,10,12H2,1-2H3. The van der Waals surface area contributed by atoms with Gasteiger partial charge < -0.3 is 10.0 Å². The third kappa shape index (κ3) is 3.42. The van der Waals surface area contributed by atoms with Gasteiger partial charge in [0.1, 0.15) is 5.56 Å². The highest BCUT2D eigenvalue weighted by Gasteiger charge is 2.25. The number of carbonyl (C=O) groups excluding carboxylic acids is 1. The lowest BCUT2D eigenvalue weighted by Crippen LogP contribution is -2.42. The Balaban J connectivity index is 1.81. The summed E-state index contributed by atoms with van der Waals surface area (Å²) in [6, 6.07) is 0. The predicted octanol–water partition coefficient (Wildman–Crippen LogP) is 1.17. The van der Waals surface area contributed by atoms with Crippen molar-refractivity contribution in [1.29, 1.82) is 0 Å². The van der Waals surface area contributed by atoms with Crippen molar-refractivity contribution in [2.75, 3.05) is 26.2 Å². The van der Waals surface area contributed by atoms with Crippen LogP contribution >= 0.6 is 0 Å². The van der Waals surface area contributed by atoms with E-state index in [-0.39, 0.29) is 5.91 Å². The summed E-state index contributed by atoms with van der Waals surface area (Å²) in [6.45, 7) is 8.10. The minimum absolute atomic E-state index is 0.104. The second-order valence-corrected chi connectivity index (χ2v) is 6.30. The Labute approximate surface area is 141 Å². The largest absolute Gasteiger partial charge is 0.391 e. The number of nitrogens with zero attached hydrogens (tertiary/aromatic N) is 5. The van der Waals surface area contributed by atoms with E-state index in [0.29, 0.717) is 24.3 Å². The zero-order valence-corrected chi connectivity index (χ0v) is 14.4. The van der Waals surface area contributed by atoms with E-state index in [1.165, 1.54) is 0 Å². The molecule has 0 aliphatic carbocycles. The molecule has 1 N–H and O–H groups in total. The smallest absolute Gasteiger partial charge is 0.259 e. The lowest BCUT2D eigenvalue weighted by atomic mass is 10.1. The molecule has 7 heteroatoms. The fourth-order valence-electron chi connectivity index (χ4n) is 3.16. The minimum Gasteiger partial charge on any atom is -0.391 e. The Morgan fingerprint density at radius 1 is 1.38 bits per heavy atom. The van der Waals surface area contributed by atoms with Gasteiger partial charge in [-0.1, -0.05) is 13.8 Å². The van der Waals surface area contributed by atoms with Crippen molar-refractivity contribution in [3.8, 4) is 0 Å². The number of hydrogen-bond acceptors (Lipinski definition) is 5. The van der Waals surface area contributed by atoms with Gasteiger partial charge in [0.2, 0.25) is 0 Å². The second kappa shape index (κ2) is 7.27. The highest BCUT2D eigenvalue weighted by Crippen LogP contribution is 2.17. The van der Waals surface area contributed by atoms with Crippen LogP contribution in [0.3, 0.4) is 0 Å². The maximum absolute atomic E-state index is 12.7. The van der Waals surface area contributed by atoms with Gasteiger partial charge in [-0.15, -0.1) is 0 Å². The van der Waals surface area contributed by atoms with Crippen LogP contribution in [0.5, 0.6) is 0 Å². The van der Waals surface area contributed by atoms with Gasteiger partial charge in [0.15, 0.2) is 5.65 Å². The first kappa shape index (κ1) is 16.9. The molecule has 0 spiro atoms. The molecule has 0 bridgehead atoms. The summed E-state index contributed by atoms with van der Waals surface area (Å²) in [5.74, 6) is -0.104. The third-order valence-corrected chi connectivity index (χ3v) is 4.62. The molecule has 1 saturated heterocycles. The molecule has 24 heavy (non-hydrogen) atoms. The molecule has 0 radical (unpaired) electrons. The molecule has 0 saturated carbocycles. The van der Waals surface area contributed by atoms with Crippen molar-refractivity contribution < 1.29 is 9.90 Å². The average molecular weight is 331 g/mol. The van der Waals surface area contributed by atoms with Crippen LogP contribution in [0, 0.1) is 0 Å². The van der Waals surface area contributed by atoms with Crippen LogP contribution in [-0.4, -0.2) is 67.7 Å². The summed E-state index contributed by atoms with van der Waals surface area (Å²) in [7, 11) is 0. The van der Waals surface area contributed by atoms with Crippen LogP contribution in [0.15, 0.2) is 18.6 Å². The van der Waals surface area contributed by atoms with Crippen molar-refractivity contribution in [3.05, 3.63) is 29.7 Å². The number of amides is 1. The Morgan fingerprint density at radius 3 is 2.88 bits per heavy atom. The molecule has 1 aliphatic rings. The first-order valence-corrected chi connectivity index (χ1v) is 8.64.